The van der Waals surface area contributed by atoms with Crippen LogP contribution >= 0.6 is 0 Å². The van der Waals surface area contributed by atoms with Gasteiger partial charge in [0.25, 0.3) is 0 Å². The van der Waals surface area contributed by atoms with Crippen LogP contribution in [0.3, 0.4) is 0 Å². The zero-order valence-electron chi connectivity index (χ0n) is 13.6. The fourth-order valence-corrected chi connectivity index (χ4v) is 2.91. The summed E-state index contributed by atoms with van der Waals surface area (Å²) in [6, 6.07) is 5.42. The Kier molecular flexibility index (Phi) is 6.10. The maximum Gasteiger partial charge on any atom is 0.326 e. The average molecular weight is 328 g/mol. The molecule has 0 unspecified atom stereocenters. The molecule has 0 saturated heterocycles. The largest absolute Gasteiger partial charge is 0.459 e. The highest BCUT2D eigenvalue weighted by molar-refractivity contribution is 7.89. The first-order valence-electron chi connectivity index (χ1n) is 7.01. The second kappa shape index (κ2) is 7.21. The van der Waals surface area contributed by atoms with Crippen LogP contribution in [-0.2, 0) is 19.6 Å². The fraction of sp³-hybridized carbons (Fsp3) is 0.533. The number of sulfonamides is 1. The van der Waals surface area contributed by atoms with Gasteiger partial charge in [-0.25, -0.2) is 8.42 Å². The Morgan fingerprint density at radius 2 is 1.77 bits per heavy atom. The minimum Gasteiger partial charge on any atom is -0.459 e. The molecule has 0 aromatic heterocycles. The standard InChI is InChI=1S/C15H24N2O4S/c1-11-6-8-12(9-7-11)22(19,20)17-13(10-16-5)14(18)21-15(2,3)4/h6-9,13,16-17H,10H2,1-5H3/t13-/m0/s1. The van der Waals surface area contributed by atoms with E-state index in [2.05, 4.69) is 10.0 Å². The molecule has 0 saturated carbocycles. The second-order valence-electron chi connectivity index (χ2n) is 6.08. The number of rotatable bonds is 6. The van der Waals surface area contributed by atoms with Gasteiger partial charge in [-0.1, -0.05) is 17.7 Å². The number of carbonyl (C=O) groups excluding carboxylic acids is 1. The van der Waals surface area contributed by atoms with Gasteiger partial charge < -0.3 is 10.1 Å². The topological polar surface area (TPSA) is 84.5 Å². The molecule has 0 aliphatic rings. The third-order valence-corrected chi connectivity index (χ3v) is 4.22. The number of aryl methyl sites for hydroxylation is 1. The van der Waals surface area contributed by atoms with Crippen molar-refractivity contribution in [3.05, 3.63) is 29.8 Å². The molecule has 1 atom stereocenters. The first kappa shape index (κ1) is 18.6. The highest BCUT2D eigenvalue weighted by Crippen LogP contribution is 2.13. The van der Waals surface area contributed by atoms with Crippen LogP contribution in [0.2, 0.25) is 0 Å². The van der Waals surface area contributed by atoms with Crippen molar-refractivity contribution in [3.8, 4) is 0 Å². The van der Waals surface area contributed by atoms with E-state index in [1.165, 1.54) is 12.1 Å². The minimum absolute atomic E-state index is 0.114. The Morgan fingerprint density at radius 1 is 1.23 bits per heavy atom. The summed E-state index contributed by atoms with van der Waals surface area (Å²) >= 11 is 0. The van der Waals surface area contributed by atoms with Gasteiger partial charge in [-0.2, -0.15) is 4.72 Å². The summed E-state index contributed by atoms with van der Waals surface area (Å²) in [5.74, 6) is -0.613. The predicted molar refractivity (Wildman–Crippen MR) is 85.1 cm³/mol. The highest BCUT2D eigenvalue weighted by atomic mass is 32.2. The Hall–Kier alpha value is -1.44. The Morgan fingerprint density at radius 3 is 2.23 bits per heavy atom. The molecule has 7 heteroatoms. The molecule has 22 heavy (non-hydrogen) atoms. The van der Waals surface area contributed by atoms with Crippen LogP contribution in [0.4, 0.5) is 0 Å². The lowest BCUT2D eigenvalue weighted by Gasteiger charge is -2.24. The SMILES string of the molecule is CNC[C@H](NS(=O)(=O)c1ccc(C)cc1)C(=O)OC(C)(C)C. The van der Waals surface area contributed by atoms with Crippen LogP contribution in [0, 0.1) is 6.92 Å². The number of hydrogen-bond donors (Lipinski definition) is 2. The molecule has 1 rings (SSSR count). The van der Waals surface area contributed by atoms with Gasteiger partial charge >= 0.3 is 5.97 Å². The molecule has 0 amide bonds. The van der Waals surface area contributed by atoms with E-state index in [-0.39, 0.29) is 11.4 Å². The van der Waals surface area contributed by atoms with Crippen molar-refractivity contribution < 1.29 is 17.9 Å². The first-order chi connectivity index (χ1) is 10.0. The molecule has 6 nitrogen and oxygen atoms in total. The normalized spacial score (nSPS) is 13.7. The van der Waals surface area contributed by atoms with Crippen LogP contribution in [0.1, 0.15) is 26.3 Å². The molecule has 0 aliphatic carbocycles. The zero-order valence-corrected chi connectivity index (χ0v) is 14.5. The molecule has 1 aromatic rings. The van der Waals surface area contributed by atoms with Crippen molar-refractivity contribution in [2.75, 3.05) is 13.6 Å². The van der Waals surface area contributed by atoms with Crippen LogP contribution in [0.15, 0.2) is 29.2 Å². The van der Waals surface area contributed by atoms with E-state index < -0.39 is 27.6 Å². The van der Waals surface area contributed by atoms with Gasteiger partial charge in [-0.15, -0.1) is 0 Å². The van der Waals surface area contributed by atoms with E-state index in [4.69, 9.17) is 4.74 Å². The number of carbonyl (C=O) groups is 1. The number of ether oxygens (including phenoxy) is 1. The van der Waals surface area contributed by atoms with Crippen LogP contribution in [0.5, 0.6) is 0 Å². The third kappa shape index (κ3) is 5.75. The van der Waals surface area contributed by atoms with E-state index in [0.29, 0.717) is 0 Å². The Bertz CT molecular complexity index is 603. The molecule has 1 aromatic carbocycles. The number of esters is 1. The lowest BCUT2D eigenvalue weighted by Crippen LogP contribution is -2.48. The summed E-state index contributed by atoms with van der Waals surface area (Å²) in [7, 11) is -2.15. The van der Waals surface area contributed by atoms with Crippen LogP contribution < -0.4 is 10.0 Å². The Labute approximate surface area is 132 Å². The van der Waals surface area contributed by atoms with Gasteiger partial charge in [0.2, 0.25) is 10.0 Å². The van der Waals surface area contributed by atoms with E-state index in [0.717, 1.165) is 5.56 Å². The van der Waals surface area contributed by atoms with Gasteiger partial charge in [-0.3, -0.25) is 4.79 Å². The van der Waals surface area contributed by atoms with Gasteiger partial charge in [0.1, 0.15) is 11.6 Å². The fourth-order valence-electron chi connectivity index (χ4n) is 1.72. The molecule has 0 bridgehead atoms. The molecular formula is C15H24N2O4S. The molecule has 124 valence electrons. The van der Waals surface area contributed by atoms with Crippen molar-refractivity contribution in [1.29, 1.82) is 0 Å². The van der Waals surface area contributed by atoms with E-state index >= 15 is 0 Å². The lowest BCUT2D eigenvalue weighted by molar-refractivity contribution is -0.156. The summed E-state index contributed by atoms with van der Waals surface area (Å²) in [4.78, 5) is 12.2. The number of nitrogens with one attached hydrogen (secondary N) is 2. The summed E-state index contributed by atoms with van der Waals surface area (Å²) < 4.78 is 32.3. The van der Waals surface area contributed by atoms with Crippen molar-refractivity contribution in [2.45, 2.75) is 44.2 Å². The van der Waals surface area contributed by atoms with Crippen LogP contribution in [-0.4, -0.2) is 39.6 Å². The second-order valence-corrected chi connectivity index (χ2v) is 7.79. The van der Waals surface area contributed by atoms with Gasteiger partial charge in [0, 0.05) is 6.54 Å². The summed E-state index contributed by atoms with van der Waals surface area (Å²) in [5, 5.41) is 2.79. The summed E-state index contributed by atoms with van der Waals surface area (Å²) in [6.07, 6.45) is 0. The molecule has 0 aliphatic heterocycles. The number of likely N-dealkylation sites (N-methyl/N-ethyl adjacent to an activating group) is 1. The minimum atomic E-state index is -3.79. The zero-order chi connectivity index (χ0) is 17.0. The highest BCUT2D eigenvalue weighted by Gasteiger charge is 2.29. The van der Waals surface area contributed by atoms with E-state index in [1.54, 1.807) is 40.0 Å². The molecule has 0 fully saturated rings. The van der Waals surface area contributed by atoms with Gasteiger partial charge in [0.15, 0.2) is 0 Å². The van der Waals surface area contributed by atoms with E-state index in [1.807, 2.05) is 6.92 Å². The molecule has 0 radical (unpaired) electrons. The van der Waals surface area contributed by atoms with Crippen molar-refractivity contribution in [2.24, 2.45) is 0 Å². The van der Waals surface area contributed by atoms with Crippen molar-refractivity contribution >= 4 is 16.0 Å². The van der Waals surface area contributed by atoms with Crippen molar-refractivity contribution in [1.82, 2.24) is 10.0 Å². The molecule has 0 spiro atoms. The predicted octanol–water partition coefficient (Wildman–Crippen LogP) is 1.20. The van der Waals surface area contributed by atoms with Gasteiger partial charge in [0.05, 0.1) is 4.90 Å². The summed E-state index contributed by atoms with van der Waals surface area (Å²) in [5.41, 5.74) is 0.274. The van der Waals surface area contributed by atoms with Gasteiger partial charge in [-0.05, 0) is 46.9 Å². The summed E-state index contributed by atoms with van der Waals surface area (Å²) in [6.45, 7) is 7.20. The molecule has 2 N–H and O–H groups in total. The maximum atomic E-state index is 12.4. The third-order valence-electron chi connectivity index (χ3n) is 2.73. The number of hydrogen-bond acceptors (Lipinski definition) is 5. The monoisotopic (exact) mass is 328 g/mol. The van der Waals surface area contributed by atoms with Crippen LogP contribution in [0.25, 0.3) is 0 Å². The Balaban J connectivity index is 2.94. The smallest absolute Gasteiger partial charge is 0.326 e. The van der Waals surface area contributed by atoms with Crippen molar-refractivity contribution in [3.63, 3.8) is 0 Å². The molecule has 0 heterocycles. The average Bonchev–Trinajstić information content (AvgIpc) is 2.36. The molecular weight excluding hydrogens is 304 g/mol. The van der Waals surface area contributed by atoms with E-state index in [9.17, 15) is 13.2 Å². The first-order valence-corrected chi connectivity index (χ1v) is 8.50. The maximum absolute atomic E-state index is 12.4. The number of benzene rings is 1. The quantitative estimate of drug-likeness (QED) is 0.767. The lowest BCUT2D eigenvalue weighted by atomic mass is 10.2.